The monoisotopic (exact) mass is 319 g/mol. The lowest BCUT2D eigenvalue weighted by Gasteiger charge is -2.32. The van der Waals surface area contributed by atoms with Crippen molar-refractivity contribution in [3.05, 3.63) is 35.4 Å². The lowest BCUT2D eigenvalue weighted by molar-refractivity contribution is 0.0664. The maximum atomic E-state index is 12.3. The van der Waals surface area contributed by atoms with Gasteiger partial charge in [-0.05, 0) is 31.7 Å². The number of nitrogens with two attached hydrogens (primary N) is 1. The Morgan fingerprint density at radius 1 is 1.10 bits per heavy atom. The van der Waals surface area contributed by atoms with Crippen molar-refractivity contribution in [1.29, 1.82) is 0 Å². The third kappa shape index (κ3) is 4.63. The number of rotatable bonds is 2. The number of likely N-dealkylation sites (N-methyl/N-ethyl adjacent to an activating group) is 1. The van der Waals surface area contributed by atoms with Crippen LogP contribution in [0.3, 0.4) is 0 Å². The maximum Gasteiger partial charge on any atom is 0.253 e. The van der Waals surface area contributed by atoms with E-state index >= 15 is 0 Å². The van der Waals surface area contributed by atoms with Gasteiger partial charge in [0.2, 0.25) is 0 Å². The summed E-state index contributed by atoms with van der Waals surface area (Å²) in [5.41, 5.74) is 7.61. The van der Waals surface area contributed by atoms with Gasteiger partial charge in [-0.15, -0.1) is 24.8 Å². The molecule has 1 aliphatic rings. The number of hydrogen-bond donors (Lipinski definition) is 1. The van der Waals surface area contributed by atoms with Crippen LogP contribution in [-0.2, 0) is 0 Å². The van der Waals surface area contributed by atoms with Crippen LogP contribution in [0, 0.1) is 0 Å². The summed E-state index contributed by atoms with van der Waals surface area (Å²) in [5, 5.41) is 0. The zero-order chi connectivity index (χ0) is 13.1. The third-order valence-electron chi connectivity index (χ3n) is 3.47. The zero-order valence-electron chi connectivity index (χ0n) is 11.9. The molecule has 6 heteroatoms. The van der Waals surface area contributed by atoms with Crippen LogP contribution >= 0.6 is 24.8 Å². The molecular formula is C14H23Cl2N3O. The van der Waals surface area contributed by atoms with Crippen molar-refractivity contribution in [1.82, 2.24) is 9.80 Å². The topological polar surface area (TPSA) is 49.6 Å². The molecule has 0 bridgehead atoms. The highest BCUT2D eigenvalue weighted by Crippen LogP contribution is 2.13. The van der Waals surface area contributed by atoms with Crippen LogP contribution in [0.5, 0.6) is 0 Å². The molecule has 1 aliphatic heterocycles. The van der Waals surface area contributed by atoms with Gasteiger partial charge in [-0.2, -0.15) is 0 Å². The minimum atomic E-state index is 0. The summed E-state index contributed by atoms with van der Waals surface area (Å²) < 4.78 is 0. The van der Waals surface area contributed by atoms with Crippen LogP contribution in [0.2, 0.25) is 0 Å². The van der Waals surface area contributed by atoms with Crippen molar-refractivity contribution in [3.63, 3.8) is 0 Å². The van der Waals surface area contributed by atoms with Crippen molar-refractivity contribution < 1.29 is 4.79 Å². The zero-order valence-corrected chi connectivity index (χ0v) is 13.5. The van der Waals surface area contributed by atoms with Crippen LogP contribution in [0.25, 0.3) is 0 Å². The van der Waals surface area contributed by atoms with Gasteiger partial charge in [-0.3, -0.25) is 4.79 Å². The maximum absolute atomic E-state index is 12.3. The number of carbonyl (C=O) groups excluding carboxylic acids is 1. The molecule has 1 heterocycles. The number of benzene rings is 1. The summed E-state index contributed by atoms with van der Waals surface area (Å²) in [5.74, 6) is 0.124. The average Bonchev–Trinajstić information content (AvgIpc) is 2.39. The standard InChI is InChI=1S/C14H21N3O.2ClH/c1-11(15)12-3-5-13(6-4-12)14(18)17-9-7-16(2)8-10-17;;/h3-6,11H,7-10,15H2,1-2H3;2*1H. The fraction of sp³-hybridized carbons (Fsp3) is 0.500. The summed E-state index contributed by atoms with van der Waals surface area (Å²) in [6.07, 6.45) is 0. The van der Waals surface area contributed by atoms with E-state index in [-0.39, 0.29) is 36.8 Å². The Kier molecular flexibility index (Phi) is 8.13. The first-order chi connectivity index (χ1) is 8.58. The third-order valence-corrected chi connectivity index (χ3v) is 3.47. The van der Waals surface area contributed by atoms with Gasteiger partial charge >= 0.3 is 0 Å². The molecule has 1 aromatic rings. The van der Waals surface area contributed by atoms with Gasteiger partial charge in [-0.1, -0.05) is 12.1 Å². The highest BCUT2D eigenvalue weighted by molar-refractivity contribution is 5.94. The Morgan fingerprint density at radius 3 is 2.05 bits per heavy atom. The first kappa shape index (κ1) is 19.2. The van der Waals surface area contributed by atoms with Gasteiger partial charge in [0.15, 0.2) is 0 Å². The molecule has 0 saturated carbocycles. The highest BCUT2D eigenvalue weighted by atomic mass is 35.5. The van der Waals surface area contributed by atoms with E-state index in [0.717, 1.165) is 37.3 Å². The van der Waals surface area contributed by atoms with Crippen LogP contribution in [0.1, 0.15) is 28.9 Å². The molecule has 1 saturated heterocycles. The Labute approximate surface area is 133 Å². The molecule has 1 atom stereocenters. The molecule has 1 amide bonds. The predicted molar refractivity (Wildman–Crippen MR) is 86.9 cm³/mol. The second-order valence-corrected chi connectivity index (χ2v) is 5.01. The quantitative estimate of drug-likeness (QED) is 0.906. The molecule has 2 N–H and O–H groups in total. The number of hydrogen-bond acceptors (Lipinski definition) is 3. The van der Waals surface area contributed by atoms with E-state index < -0.39 is 0 Å². The van der Waals surface area contributed by atoms with E-state index in [4.69, 9.17) is 5.73 Å². The highest BCUT2D eigenvalue weighted by Gasteiger charge is 2.20. The Hall–Kier alpha value is -0.810. The fourth-order valence-corrected chi connectivity index (χ4v) is 2.12. The predicted octanol–water partition coefficient (Wildman–Crippen LogP) is 1.94. The molecule has 0 aromatic heterocycles. The van der Waals surface area contributed by atoms with Crippen LogP contribution < -0.4 is 5.73 Å². The molecule has 20 heavy (non-hydrogen) atoms. The van der Waals surface area contributed by atoms with Gasteiger partial charge in [0.05, 0.1) is 0 Å². The van der Waals surface area contributed by atoms with Crippen molar-refractivity contribution in [2.45, 2.75) is 13.0 Å². The van der Waals surface area contributed by atoms with E-state index in [1.165, 1.54) is 0 Å². The van der Waals surface area contributed by atoms with E-state index in [1.807, 2.05) is 36.1 Å². The summed E-state index contributed by atoms with van der Waals surface area (Å²) in [4.78, 5) is 16.4. The van der Waals surface area contributed by atoms with Crippen molar-refractivity contribution in [2.75, 3.05) is 33.2 Å². The molecule has 0 radical (unpaired) electrons. The molecule has 0 spiro atoms. The van der Waals surface area contributed by atoms with Crippen molar-refractivity contribution >= 4 is 30.7 Å². The Morgan fingerprint density at radius 2 is 1.60 bits per heavy atom. The van der Waals surface area contributed by atoms with Crippen LogP contribution in [0.15, 0.2) is 24.3 Å². The number of halogens is 2. The smallest absolute Gasteiger partial charge is 0.253 e. The normalized spacial score (nSPS) is 16.9. The van der Waals surface area contributed by atoms with E-state index in [9.17, 15) is 4.79 Å². The lowest BCUT2D eigenvalue weighted by atomic mass is 10.1. The molecule has 1 aromatic carbocycles. The first-order valence-electron chi connectivity index (χ1n) is 6.41. The number of carbonyl (C=O) groups is 1. The SMILES string of the molecule is CC(N)c1ccc(C(=O)N2CCN(C)CC2)cc1.Cl.Cl. The summed E-state index contributed by atoms with van der Waals surface area (Å²) in [6, 6.07) is 7.64. The number of nitrogens with zero attached hydrogens (tertiary/aromatic N) is 2. The Balaban J connectivity index is 0.00000180. The van der Waals surface area contributed by atoms with E-state index in [0.29, 0.717) is 0 Å². The van der Waals surface area contributed by atoms with Crippen LogP contribution in [0.4, 0.5) is 0 Å². The van der Waals surface area contributed by atoms with Crippen molar-refractivity contribution in [3.8, 4) is 0 Å². The minimum Gasteiger partial charge on any atom is -0.336 e. The van der Waals surface area contributed by atoms with Crippen molar-refractivity contribution in [2.24, 2.45) is 5.73 Å². The van der Waals surface area contributed by atoms with Gasteiger partial charge in [0, 0.05) is 37.8 Å². The molecule has 1 fully saturated rings. The van der Waals surface area contributed by atoms with Gasteiger partial charge in [-0.25, -0.2) is 0 Å². The van der Waals surface area contributed by atoms with Gasteiger partial charge in [0.1, 0.15) is 0 Å². The van der Waals surface area contributed by atoms with Gasteiger partial charge < -0.3 is 15.5 Å². The second kappa shape index (κ2) is 8.47. The molecule has 2 rings (SSSR count). The fourth-order valence-electron chi connectivity index (χ4n) is 2.12. The molecule has 0 aliphatic carbocycles. The summed E-state index contributed by atoms with van der Waals surface area (Å²) in [7, 11) is 2.08. The van der Waals surface area contributed by atoms with E-state index in [1.54, 1.807) is 0 Å². The number of amides is 1. The van der Waals surface area contributed by atoms with Gasteiger partial charge in [0.25, 0.3) is 5.91 Å². The first-order valence-corrected chi connectivity index (χ1v) is 6.41. The molecule has 114 valence electrons. The number of piperazine rings is 1. The second-order valence-electron chi connectivity index (χ2n) is 5.01. The largest absolute Gasteiger partial charge is 0.336 e. The molecule has 4 nitrogen and oxygen atoms in total. The molecular weight excluding hydrogens is 297 g/mol. The summed E-state index contributed by atoms with van der Waals surface area (Å²) >= 11 is 0. The Bertz CT molecular complexity index is 415. The van der Waals surface area contributed by atoms with E-state index in [2.05, 4.69) is 11.9 Å². The average molecular weight is 320 g/mol. The molecule has 1 unspecified atom stereocenters. The van der Waals surface area contributed by atoms with Crippen LogP contribution in [-0.4, -0.2) is 48.9 Å². The summed E-state index contributed by atoms with van der Waals surface area (Å²) in [6.45, 7) is 5.46. The minimum absolute atomic E-state index is 0. The lowest BCUT2D eigenvalue weighted by Crippen LogP contribution is -2.47.